The number of piperazine rings is 1. The molecule has 1 fully saturated rings. The highest BCUT2D eigenvalue weighted by atomic mass is 16.2. The van der Waals surface area contributed by atoms with Crippen LogP contribution in [0.1, 0.15) is 25.3 Å². The van der Waals surface area contributed by atoms with Gasteiger partial charge in [0, 0.05) is 32.7 Å². The fourth-order valence-electron chi connectivity index (χ4n) is 3.24. The Balaban J connectivity index is 1.63. The van der Waals surface area contributed by atoms with E-state index in [9.17, 15) is 9.59 Å². The van der Waals surface area contributed by atoms with Gasteiger partial charge in [0.1, 0.15) is 0 Å². The number of carbonyl (C=O) groups excluding carboxylic acids is 1. The van der Waals surface area contributed by atoms with Gasteiger partial charge in [0.2, 0.25) is 5.91 Å². The van der Waals surface area contributed by atoms with Gasteiger partial charge in [-0.15, -0.1) is 0 Å². The highest BCUT2D eigenvalue weighted by Crippen LogP contribution is 2.12. The third kappa shape index (κ3) is 3.85. The highest BCUT2D eigenvalue weighted by Gasteiger charge is 2.25. The first-order valence-electron chi connectivity index (χ1n) is 8.61. The van der Waals surface area contributed by atoms with Gasteiger partial charge in [0.25, 0.3) is 0 Å². The zero-order chi connectivity index (χ0) is 16.9. The van der Waals surface area contributed by atoms with Crippen LogP contribution in [0, 0.1) is 0 Å². The monoisotopic (exact) mass is 331 g/mol. The highest BCUT2D eigenvalue weighted by molar-refractivity contribution is 5.82. The molecule has 1 aliphatic rings. The van der Waals surface area contributed by atoms with Gasteiger partial charge in [-0.05, 0) is 24.1 Å². The number of benzene rings is 1. The number of rotatable bonds is 6. The number of aromatic amines is 2. The summed E-state index contributed by atoms with van der Waals surface area (Å²) >= 11 is 0. The van der Waals surface area contributed by atoms with Gasteiger partial charge in [-0.2, -0.15) is 0 Å². The molecule has 130 valence electrons. The lowest BCUT2D eigenvalue weighted by molar-refractivity contribution is -0.127. The molecule has 2 aromatic rings. The number of H-pyrrole nitrogens is 2. The normalized spacial score (nSPS) is 17.0. The molecule has 7 heteroatoms. The molecule has 0 radical (unpaired) electrons. The second kappa shape index (κ2) is 7.63. The lowest BCUT2D eigenvalue weighted by atomic mass is 10.1. The molecule has 1 aromatic heterocycles. The molecule has 1 saturated heterocycles. The van der Waals surface area contributed by atoms with E-state index in [2.05, 4.69) is 32.4 Å². The van der Waals surface area contributed by atoms with Gasteiger partial charge < -0.3 is 20.6 Å². The maximum absolute atomic E-state index is 12.6. The van der Waals surface area contributed by atoms with E-state index in [0.29, 0.717) is 6.54 Å². The van der Waals surface area contributed by atoms with Crippen LogP contribution in [0.2, 0.25) is 0 Å². The lowest BCUT2D eigenvalue weighted by Gasteiger charge is -2.33. The smallest absolute Gasteiger partial charge is 0.323 e. The second-order valence-corrected chi connectivity index (χ2v) is 6.27. The van der Waals surface area contributed by atoms with Crippen LogP contribution in [-0.4, -0.2) is 53.0 Å². The Bertz CT molecular complexity index is 745. The number of hydrogen-bond donors (Lipinski definition) is 4. The third-order valence-corrected chi connectivity index (χ3v) is 4.50. The number of nitrogens with zero attached hydrogens (tertiary/aromatic N) is 1. The van der Waals surface area contributed by atoms with Crippen molar-refractivity contribution < 1.29 is 4.79 Å². The Hall–Kier alpha value is -2.12. The summed E-state index contributed by atoms with van der Waals surface area (Å²) in [6, 6.07) is 5.61. The number of nitrogens with one attached hydrogen (secondary N) is 4. The molecular weight excluding hydrogens is 306 g/mol. The van der Waals surface area contributed by atoms with E-state index in [4.69, 9.17) is 0 Å². The SMILES string of the molecule is CCCC(C(=O)NCc1ccc2[nH]c(=O)[nH]c2c1)N1CCNCC1. The van der Waals surface area contributed by atoms with Crippen molar-refractivity contribution in [2.24, 2.45) is 0 Å². The van der Waals surface area contributed by atoms with Crippen molar-refractivity contribution in [2.75, 3.05) is 26.2 Å². The zero-order valence-electron chi connectivity index (χ0n) is 14.0. The second-order valence-electron chi connectivity index (χ2n) is 6.27. The van der Waals surface area contributed by atoms with E-state index < -0.39 is 0 Å². The van der Waals surface area contributed by atoms with Crippen molar-refractivity contribution in [3.63, 3.8) is 0 Å². The first kappa shape index (κ1) is 16.7. The van der Waals surface area contributed by atoms with Crippen molar-refractivity contribution in [3.8, 4) is 0 Å². The van der Waals surface area contributed by atoms with Crippen molar-refractivity contribution >= 4 is 16.9 Å². The molecule has 7 nitrogen and oxygen atoms in total. The average Bonchev–Trinajstić information content (AvgIpc) is 2.97. The molecule has 0 spiro atoms. The van der Waals surface area contributed by atoms with Crippen LogP contribution in [-0.2, 0) is 11.3 Å². The number of aromatic nitrogens is 2. The van der Waals surface area contributed by atoms with E-state index in [1.165, 1.54) is 0 Å². The molecule has 1 atom stereocenters. The molecular formula is C17H25N5O2. The fraction of sp³-hybridized carbons (Fsp3) is 0.529. The van der Waals surface area contributed by atoms with Crippen LogP contribution in [0.3, 0.4) is 0 Å². The Morgan fingerprint density at radius 1 is 1.25 bits per heavy atom. The van der Waals surface area contributed by atoms with E-state index in [0.717, 1.165) is 55.6 Å². The Kier molecular flexibility index (Phi) is 5.32. The van der Waals surface area contributed by atoms with E-state index in [1.807, 2.05) is 18.2 Å². The van der Waals surface area contributed by atoms with Gasteiger partial charge in [-0.25, -0.2) is 4.79 Å². The van der Waals surface area contributed by atoms with Gasteiger partial charge in [0.15, 0.2) is 0 Å². The summed E-state index contributed by atoms with van der Waals surface area (Å²) in [4.78, 5) is 31.7. The van der Waals surface area contributed by atoms with E-state index in [1.54, 1.807) is 0 Å². The summed E-state index contributed by atoms with van der Waals surface area (Å²) in [5.74, 6) is 0.0846. The van der Waals surface area contributed by atoms with Crippen LogP contribution >= 0.6 is 0 Å². The lowest BCUT2D eigenvalue weighted by Crippen LogP contribution is -2.53. The quantitative estimate of drug-likeness (QED) is 0.622. The van der Waals surface area contributed by atoms with Gasteiger partial charge in [-0.1, -0.05) is 19.4 Å². The first-order valence-corrected chi connectivity index (χ1v) is 8.61. The number of fused-ring (bicyclic) bond motifs is 1. The van der Waals surface area contributed by atoms with E-state index >= 15 is 0 Å². The first-order chi connectivity index (χ1) is 11.7. The van der Waals surface area contributed by atoms with Crippen molar-refractivity contribution in [3.05, 3.63) is 34.2 Å². The van der Waals surface area contributed by atoms with Gasteiger partial charge >= 0.3 is 5.69 Å². The molecule has 1 aromatic carbocycles. The summed E-state index contributed by atoms with van der Waals surface area (Å²) in [5, 5.41) is 6.37. The van der Waals surface area contributed by atoms with Crippen LogP contribution in [0.4, 0.5) is 0 Å². The Labute approximate surface area is 140 Å². The van der Waals surface area contributed by atoms with E-state index in [-0.39, 0.29) is 17.6 Å². The summed E-state index contributed by atoms with van der Waals surface area (Å²) in [5.41, 5.74) is 2.30. The average molecular weight is 331 g/mol. The minimum atomic E-state index is -0.215. The number of carbonyl (C=O) groups is 1. The topological polar surface area (TPSA) is 93.0 Å². The number of imidazole rings is 1. The van der Waals surface area contributed by atoms with Crippen LogP contribution in [0.15, 0.2) is 23.0 Å². The summed E-state index contributed by atoms with van der Waals surface area (Å²) in [7, 11) is 0. The third-order valence-electron chi connectivity index (χ3n) is 4.50. The van der Waals surface area contributed by atoms with Crippen LogP contribution < -0.4 is 16.3 Å². The standard InChI is InChI=1S/C17H25N5O2/c1-2-3-15(22-8-6-18-7-9-22)16(23)19-11-12-4-5-13-14(10-12)21-17(24)20-13/h4-5,10,15,18H,2-3,6-9,11H2,1H3,(H,19,23)(H2,20,21,24). The Morgan fingerprint density at radius 3 is 2.75 bits per heavy atom. The molecule has 2 heterocycles. The van der Waals surface area contributed by atoms with Crippen molar-refractivity contribution in [2.45, 2.75) is 32.4 Å². The molecule has 1 amide bonds. The Morgan fingerprint density at radius 2 is 2.00 bits per heavy atom. The van der Waals surface area contributed by atoms with Gasteiger partial charge in [0.05, 0.1) is 17.1 Å². The predicted molar refractivity (Wildman–Crippen MR) is 93.9 cm³/mol. The molecule has 3 rings (SSSR count). The number of amides is 1. The molecule has 1 aliphatic heterocycles. The molecule has 4 N–H and O–H groups in total. The number of hydrogen-bond acceptors (Lipinski definition) is 4. The molecule has 24 heavy (non-hydrogen) atoms. The summed E-state index contributed by atoms with van der Waals surface area (Å²) in [6.07, 6.45) is 1.86. The van der Waals surface area contributed by atoms with Gasteiger partial charge in [-0.3, -0.25) is 9.69 Å². The molecule has 0 aliphatic carbocycles. The maximum Gasteiger partial charge on any atom is 0.323 e. The summed E-state index contributed by atoms with van der Waals surface area (Å²) in [6.45, 7) is 6.27. The molecule has 1 unspecified atom stereocenters. The molecule has 0 bridgehead atoms. The van der Waals surface area contributed by atoms with Crippen molar-refractivity contribution in [1.82, 2.24) is 25.5 Å². The van der Waals surface area contributed by atoms with Crippen LogP contribution in [0.5, 0.6) is 0 Å². The van der Waals surface area contributed by atoms with Crippen molar-refractivity contribution in [1.29, 1.82) is 0 Å². The largest absolute Gasteiger partial charge is 0.351 e. The van der Waals surface area contributed by atoms with Crippen LogP contribution in [0.25, 0.3) is 11.0 Å². The molecule has 0 saturated carbocycles. The zero-order valence-corrected chi connectivity index (χ0v) is 14.0. The minimum Gasteiger partial charge on any atom is -0.351 e. The summed E-state index contributed by atoms with van der Waals surface area (Å²) < 4.78 is 0. The fourth-order valence-corrected chi connectivity index (χ4v) is 3.24. The predicted octanol–water partition coefficient (Wildman–Crippen LogP) is 0.546. The minimum absolute atomic E-state index is 0.0621. The maximum atomic E-state index is 12.6.